The second-order valence-electron chi connectivity index (χ2n) is 6.91. The Hall–Kier alpha value is -3.67. The summed E-state index contributed by atoms with van der Waals surface area (Å²) in [4.78, 5) is 25.1. The molecule has 2 aromatic carbocycles. The average molecular weight is 390 g/mol. The molecule has 8 nitrogen and oxygen atoms in total. The molecule has 2 atom stereocenters. The molecule has 0 saturated carbocycles. The summed E-state index contributed by atoms with van der Waals surface area (Å²) in [5, 5.41) is 25.4. The molecule has 8 heteroatoms. The van der Waals surface area contributed by atoms with Crippen LogP contribution in [0.25, 0.3) is 16.6 Å². The minimum atomic E-state index is -2.14. The van der Waals surface area contributed by atoms with Gasteiger partial charge in [0.1, 0.15) is 6.10 Å². The SMILES string of the molecule is CN1C[C@H](O)[C@](O)(C#Cc2cccc(-n3nc(C(N)=O)c4ccccc43)c2)C1=O. The number of carbonyl (C=O) groups excluding carboxylic acids is 2. The van der Waals surface area contributed by atoms with E-state index >= 15 is 0 Å². The maximum Gasteiger partial charge on any atom is 0.269 e. The number of amides is 2. The average Bonchev–Trinajstić information content (AvgIpc) is 3.19. The van der Waals surface area contributed by atoms with Crippen LogP contribution < -0.4 is 5.73 Å². The van der Waals surface area contributed by atoms with Crippen LogP contribution in [0.3, 0.4) is 0 Å². The smallest absolute Gasteiger partial charge is 0.269 e. The van der Waals surface area contributed by atoms with E-state index in [1.807, 2.05) is 12.1 Å². The van der Waals surface area contributed by atoms with Crippen molar-refractivity contribution in [1.29, 1.82) is 0 Å². The fraction of sp³-hybridized carbons (Fsp3) is 0.190. The van der Waals surface area contributed by atoms with Crippen molar-refractivity contribution in [3.05, 3.63) is 59.8 Å². The van der Waals surface area contributed by atoms with Gasteiger partial charge < -0.3 is 20.8 Å². The van der Waals surface area contributed by atoms with Gasteiger partial charge >= 0.3 is 0 Å². The quantitative estimate of drug-likeness (QED) is 0.534. The first kappa shape index (κ1) is 18.7. The van der Waals surface area contributed by atoms with Gasteiger partial charge in [0.2, 0.25) is 5.60 Å². The minimum Gasteiger partial charge on any atom is -0.387 e. The number of likely N-dealkylation sites (tertiary alicyclic amines) is 1. The van der Waals surface area contributed by atoms with Crippen molar-refractivity contribution in [2.75, 3.05) is 13.6 Å². The number of hydrogen-bond donors (Lipinski definition) is 3. The standard InChI is InChI=1S/C21H18N4O4/c1-24-12-17(26)21(29,20(24)28)10-9-13-5-4-6-14(11-13)25-16-8-3-2-7-15(16)18(23-25)19(22)27/h2-8,11,17,26,29H,12H2,1H3,(H2,22,27)/t17-,21+/m0/s1. The predicted octanol–water partition coefficient (Wildman–Crippen LogP) is 0.0399. The number of nitrogens with zero attached hydrogens (tertiary/aromatic N) is 3. The molecule has 1 aliphatic heterocycles. The number of fused-ring (bicyclic) bond motifs is 1. The number of rotatable bonds is 2. The Balaban J connectivity index is 1.76. The van der Waals surface area contributed by atoms with Crippen molar-refractivity contribution in [3.63, 3.8) is 0 Å². The lowest BCUT2D eigenvalue weighted by atomic mass is 10.00. The lowest BCUT2D eigenvalue weighted by Crippen LogP contribution is -2.44. The molecule has 4 rings (SSSR count). The number of para-hydroxylation sites is 1. The van der Waals surface area contributed by atoms with Crippen LogP contribution in [0, 0.1) is 11.8 Å². The number of hydrogen-bond acceptors (Lipinski definition) is 5. The van der Waals surface area contributed by atoms with E-state index in [9.17, 15) is 19.8 Å². The highest BCUT2D eigenvalue weighted by atomic mass is 16.4. The summed E-state index contributed by atoms with van der Waals surface area (Å²) in [5.74, 6) is 3.99. The number of aromatic nitrogens is 2. The van der Waals surface area contributed by atoms with Crippen LogP contribution in [0.2, 0.25) is 0 Å². The van der Waals surface area contributed by atoms with E-state index in [1.165, 1.54) is 11.9 Å². The largest absolute Gasteiger partial charge is 0.387 e. The Morgan fingerprint density at radius 1 is 1.28 bits per heavy atom. The number of aliphatic hydroxyl groups excluding tert-OH is 1. The van der Waals surface area contributed by atoms with Gasteiger partial charge in [0.05, 0.1) is 17.7 Å². The summed E-state index contributed by atoms with van der Waals surface area (Å²) < 4.78 is 1.58. The van der Waals surface area contributed by atoms with E-state index in [2.05, 4.69) is 16.9 Å². The predicted molar refractivity (Wildman–Crippen MR) is 105 cm³/mol. The molecule has 2 amide bonds. The number of benzene rings is 2. The number of nitrogens with two attached hydrogens (primary N) is 1. The van der Waals surface area contributed by atoms with Gasteiger partial charge in [0.25, 0.3) is 11.8 Å². The number of likely N-dealkylation sites (N-methyl/N-ethyl adjacent to an activating group) is 1. The van der Waals surface area contributed by atoms with E-state index in [4.69, 9.17) is 5.73 Å². The Bertz CT molecular complexity index is 1210. The summed E-state index contributed by atoms with van der Waals surface area (Å²) in [5.41, 5.74) is 5.31. The van der Waals surface area contributed by atoms with Gasteiger partial charge in [-0.15, -0.1) is 0 Å². The number of carbonyl (C=O) groups is 2. The van der Waals surface area contributed by atoms with Crippen LogP contribution in [0.15, 0.2) is 48.5 Å². The molecule has 3 aromatic rings. The summed E-state index contributed by atoms with van der Waals surface area (Å²) >= 11 is 0. The maximum absolute atomic E-state index is 12.1. The zero-order chi connectivity index (χ0) is 20.8. The molecular weight excluding hydrogens is 372 g/mol. The molecule has 4 N–H and O–H groups in total. The van der Waals surface area contributed by atoms with E-state index in [1.54, 1.807) is 41.1 Å². The first-order chi connectivity index (χ1) is 13.8. The number of aliphatic hydroxyl groups is 2. The molecular formula is C21H18N4O4. The third-order valence-electron chi connectivity index (χ3n) is 4.91. The molecule has 146 valence electrons. The molecule has 0 unspecified atom stereocenters. The van der Waals surface area contributed by atoms with Gasteiger partial charge in [-0.25, -0.2) is 4.68 Å². The molecule has 29 heavy (non-hydrogen) atoms. The van der Waals surface area contributed by atoms with Gasteiger partial charge in [-0.05, 0) is 30.2 Å². The third-order valence-corrected chi connectivity index (χ3v) is 4.91. The monoisotopic (exact) mass is 390 g/mol. The van der Waals surface area contributed by atoms with Crippen molar-refractivity contribution in [2.24, 2.45) is 5.73 Å². The van der Waals surface area contributed by atoms with Crippen LogP contribution in [0.5, 0.6) is 0 Å². The van der Waals surface area contributed by atoms with Crippen LogP contribution in [-0.4, -0.2) is 62.0 Å². The second kappa shape index (κ2) is 6.74. The van der Waals surface area contributed by atoms with Crippen LogP contribution in [0.1, 0.15) is 16.1 Å². The summed E-state index contributed by atoms with van der Waals surface area (Å²) in [6, 6.07) is 14.1. The molecule has 1 saturated heterocycles. The highest BCUT2D eigenvalue weighted by Crippen LogP contribution is 2.24. The van der Waals surface area contributed by atoms with Gasteiger partial charge in [-0.1, -0.05) is 30.2 Å². The highest BCUT2D eigenvalue weighted by molar-refractivity contribution is 6.04. The first-order valence-electron chi connectivity index (χ1n) is 8.88. The highest BCUT2D eigenvalue weighted by Gasteiger charge is 2.50. The van der Waals surface area contributed by atoms with Gasteiger partial charge in [0, 0.05) is 18.0 Å². The van der Waals surface area contributed by atoms with Gasteiger partial charge in [-0.3, -0.25) is 9.59 Å². The maximum atomic E-state index is 12.1. The number of primary amides is 1. The van der Waals surface area contributed by atoms with E-state index in [0.29, 0.717) is 22.2 Å². The van der Waals surface area contributed by atoms with Gasteiger partial charge in [0.15, 0.2) is 5.69 Å². The normalized spacial score (nSPS) is 21.3. The van der Waals surface area contributed by atoms with Gasteiger partial charge in [-0.2, -0.15) is 5.10 Å². The molecule has 0 aliphatic carbocycles. The second-order valence-corrected chi connectivity index (χ2v) is 6.91. The molecule has 1 aliphatic rings. The van der Waals surface area contributed by atoms with Crippen molar-refractivity contribution >= 4 is 22.7 Å². The third kappa shape index (κ3) is 3.02. The van der Waals surface area contributed by atoms with E-state index in [0.717, 1.165) is 0 Å². The molecule has 0 radical (unpaired) electrons. The topological polar surface area (TPSA) is 122 Å². The van der Waals surface area contributed by atoms with Crippen molar-refractivity contribution in [3.8, 4) is 17.5 Å². The molecule has 1 fully saturated rings. The zero-order valence-corrected chi connectivity index (χ0v) is 15.5. The lowest BCUT2D eigenvalue weighted by molar-refractivity contribution is -0.140. The molecule has 1 aromatic heterocycles. The summed E-state index contributed by atoms with van der Waals surface area (Å²) in [6.45, 7) is 0.0131. The minimum absolute atomic E-state index is 0.0131. The number of β-amino-alcohol motifs (C(OH)–C–C–N with tert-alkyl or cyclic N) is 1. The molecule has 0 spiro atoms. The van der Waals surface area contributed by atoms with Crippen LogP contribution in [-0.2, 0) is 4.79 Å². The molecule has 2 heterocycles. The van der Waals surface area contributed by atoms with Crippen LogP contribution in [0.4, 0.5) is 0 Å². The van der Waals surface area contributed by atoms with E-state index in [-0.39, 0.29) is 12.2 Å². The molecule has 0 bridgehead atoms. The van der Waals surface area contributed by atoms with Crippen molar-refractivity contribution < 1.29 is 19.8 Å². The Morgan fingerprint density at radius 3 is 2.72 bits per heavy atom. The van der Waals surface area contributed by atoms with E-state index < -0.39 is 23.5 Å². The Labute approximate surface area is 166 Å². The van der Waals surface area contributed by atoms with Crippen molar-refractivity contribution in [1.82, 2.24) is 14.7 Å². The Morgan fingerprint density at radius 2 is 2.03 bits per heavy atom. The van der Waals surface area contributed by atoms with Crippen molar-refractivity contribution in [2.45, 2.75) is 11.7 Å². The fourth-order valence-electron chi connectivity index (χ4n) is 3.37. The van der Waals surface area contributed by atoms with Crippen LogP contribution >= 0.6 is 0 Å². The Kier molecular flexibility index (Phi) is 4.34. The zero-order valence-electron chi connectivity index (χ0n) is 15.5. The lowest BCUT2D eigenvalue weighted by Gasteiger charge is -2.16. The first-order valence-corrected chi connectivity index (χ1v) is 8.88. The fourth-order valence-corrected chi connectivity index (χ4v) is 3.37. The summed E-state index contributed by atoms with van der Waals surface area (Å²) in [7, 11) is 1.49. The summed E-state index contributed by atoms with van der Waals surface area (Å²) in [6.07, 6.45) is -1.29.